The van der Waals surface area contributed by atoms with E-state index < -0.39 is 0 Å². The first-order valence-corrected chi connectivity index (χ1v) is 17.1. The third-order valence-electron chi connectivity index (χ3n) is 9.68. The number of nitrogens with zero attached hydrogens (tertiary/aromatic N) is 2. The van der Waals surface area contributed by atoms with E-state index in [2.05, 4.69) is 150 Å². The molecule has 0 spiro atoms. The fraction of sp³-hybridized carbons (Fsp3) is 0. The van der Waals surface area contributed by atoms with Crippen LogP contribution in [-0.4, -0.2) is 4.98 Å². The van der Waals surface area contributed by atoms with E-state index in [0.717, 1.165) is 66.8 Å². The summed E-state index contributed by atoms with van der Waals surface area (Å²) in [6.45, 7) is 0. The number of hydrogen-bond donors (Lipinski definition) is 0. The molecule has 0 fully saturated rings. The van der Waals surface area contributed by atoms with Gasteiger partial charge in [0.05, 0.1) is 5.69 Å². The Hall–Kier alpha value is -6.91. The lowest BCUT2D eigenvalue weighted by atomic mass is 9.98. The highest BCUT2D eigenvalue weighted by Gasteiger charge is 2.20. The van der Waals surface area contributed by atoms with Crippen molar-refractivity contribution in [1.82, 2.24) is 4.98 Å². The van der Waals surface area contributed by atoms with Gasteiger partial charge in [0.15, 0.2) is 5.58 Å². The number of oxazole rings is 1. The largest absolute Gasteiger partial charge is 0.456 e. The van der Waals surface area contributed by atoms with Crippen LogP contribution in [0.15, 0.2) is 191 Å². The number of para-hydroxylation sites is 1. The number of aromatic nitrogens is 1. The van der Waals surface area contributed by atoms with Crippen LogP contribution >= 0.6 is 0 Å². The highest BCUT2D eigenvalue weighted by molar-refractivity contribution is 6.10. The van der Waals surface area contributed by atoms with Crippen molar-refractivity contribution in [3.63, 3.8) is 0 Å². The molecule has 4 nitrogen and oxygen atoms in total. The van der Waals surface area contributed by atoms with Crippen LogP contribution in [0.4, 0.5) is 17.1 Å². The molecule has 0 radical (unpaired) electrons. The van der Waals surface area contributed by atoms with Crippen LogP contribution in [0.5, 0.6) is 0 Å². The average molecular weight is 655 g/mol. The van der Waals surface area contributed by atoms with E-state index in [9.17, 15) is 0 Å². The predicted octanol–water partition coefficient (Wildman–Crippen LogP) is 13.4. The van der Waals surface area contributed by atoms with Gasteiger partial charge in [-0.1, -0.05) is 115 Å². The first kappa shape index (κ1) is 29.0. The molecule has 10 rings (SSSR count). The molecule has 0 amide bonds. The van der Waals surface area contributed by atoms with Crippen molar-refractivity contribution in [2.75, 3.05) is 4.90 Å². The lowest BCUT2D eigenvalue weighted by molar-refractivity contribution is 0.620. The Morgan fingerprint density at radius 1 is 0.392 bits per heavy atom. The van der Waals surface area contributed by atoms with Gasteiger partial charge in [0.2, 0.25) is 5.89 Å². The van der Waals surface area contributed by atoms with Crippen molar-refractivity contribution in [3.8, 4) is 33.7 Å². The monoisotopic (exact) mass is 654 g/mol. The second-order valence-electron chi connectivity index (χ2n) is 12.8. The Bertz CT molecular complexity index is 2850. The van der Waals surface area contributed by atoms with E-state index >= 15 is 0 Å². The van der Waals surface area contributed by atoms with Crippen LogP contribution in [-0.2, 0) is 0 Å². The van der Waals surface area contributed by atoms with E-state index in [1.165, 1.54) is 21.9 Å². The summed E-state index contributed by atoms with van der Waals surface area (Å²) >= 11 is 0. The Labute approximate surface area is 294 Å². The fourth-order valence-corrected chi connectivity index (χ4v) is 7.16. The first-order chi connectivity index (χ1) is 25.2. The SMILES string of the molecule is c1ccc(-c2ccc(N(c3ccc4oc5cc6nc(-c7ccccc7)oc6cc5c4c3)c3ccccc3-c3ccc4ccccc4c3)cc2)cc1. The van der Waals surface area contributed by atoms with Gasteiger partial charge in [-0.3, -0.25) is 0 Å². The van der Waals surface area contributed by atoms with Gasteiger partial charge in [-0.15, -0.1) is 0 Å². The molecule has 0 aliphatic rings. The van der Waals surface area contributed by atoms with Crippen molar-refractivity contribution in [3.05, 3.63) is 182 Å². The summed E-state index contributed by atoms with van der Waals surface area (Å²) in [6, 6.07) is 63.6. The van der Waals surface area contributed by atoms with E-state index in [0.29, 0.717) is 5.89 Å². The van der Waals surface area contributed by atoms with Gasteiger partial charge in [0.1, 0.15) is 16.7 Å². The maximum atomic E-state index is 6.42. The number of rotatable bonds is 6. The lowest BCUT2D eigenvalue weighted by Gasteiger charge is -2.28. The summed E-state index contributed by atoms with van der Waals surface area (Å²) in [6.07, 6.45) is 0. The molecule has 2 heterocycles. The molecule has 4 heteroatoms. The van der Waals surface area contributed by atoms with Gasteiger partial charge in [0, 0.05) is 39.3 Å². The molecular formula is C47H30N2O2. The lowest BCUT2D eigenvalue weighted by Crippen LogP contribution is -2.11. The average Bonchev–Trinajstić information content (AvgIpc) is 3.78. The molecule has 2 aromatic heterocycles. The molecule has 51 heavy (non-hydrogen) atoms. The van der Waals surface area contributed by atoms with Crippen molar-refractivity contribution < 1.29 is 8.83 Å². The van der Waals surface area contributed by atoms with E-state index in [4.69, 9.17) is 13.8 Å². The van der Waals surface area contributed by atoms with Crippen LogP contribution in [0.2, 0.25) is 0 Å². The number of hydrogen-bond acceptors (Lipinski definition) is 4. The normalized spacial score (nSPS) is 11.5. The van der Waals surface area contributed by atoms with Gasteiger partial charge in [-0.2, -0.15) is 0 Å². The molecule has 0 aliphatic heterocycles. The van der Waals surface area contributed by atoms with E-state index in [1.54, 1.807) is 0 Å². The summed E-state index contributed by atoms with van der Waals surface area (Å²) in [5.41, 5.74) is 11.8. The molecule has 0 atom stereocenters. The minimum absolute atomic E-state index is 0.596. The Kier molecular flexibility index (Phi) is 6.78. The van der Waals surface area contributed by atoms with Gasteiger partial charge in [-0.05, 0) is 88.1 Å². The molecule has 0 aliphatic carbocycles. The van der Waals surface area contributed by atoms with Crippen molar-refractivity contribution >= 4 is 60.9 Å². The second kappa shape index (κ2) is 11.9. The summed E-state index contributed by atoms with van der Waals surface area (Å²) in [5, 5.41) is 4.43. The molecule has 0 unspecified atom stereocenters. The van der Waals surface area contributed by atoms with Crippen LogP contribution in [0, 0.1) is 0 Å². The zero-order chi connectivity index (χ0) is 33.7. The number of anilines is 3. The fourth-order valence-electron chi connectivity index (χ4n) is 7.16. The topological polar surface area (TPSA) is 42.4 Å². The van der Waals surface area contributed by atoms with Crippen molar-refractivity contribution in [2.45, 2.75) is 0 Å². The molecule has 0 saturated carbocycles. The molecule has 0 bridgehead atoms. The summed E-state index contributed by atoms with van der Waals surface area (Å²) < 4.78 is 12.7. The van der Waals surface area contributed by atoms with Crippen molar-refractivity contribution in [1.29, 1.82) is 0 Å². The molecule has 0 saturated heterocycles. The van der Waals surface area contributed by atoms with Crippen LogP contribution in [0.3, 0.4) is 0 Å². The maximum absolute atomic E-state index is 6.42. The zero-order valence-corrected chi connectivity index (χ0v) is 27.5. The number of furan rings is 1. The first-order valence-electron chi connectivity index (χ1n) is 17.1. The van der Waals surface area contributed by atoms with Gasteiger partial charge in [0.25, 0.3) is 0 Å². The van der Waals surface area contributed by atoms with E-state index in [1.807, 2.05) is 36.4 Å². The second-order valence-corrected chi connectivity index (χ2v) is 12.8. The maximum Gasteiger partial charge on any atom is 0.227 e. The quantitative estimate of drug-likeness (QED) is 0.179. The minimum atomic E-state index is 0.596. The zero-order valence-electron chi connectivity index (χ0n) is 27.5. The number of benzene rings is 8. The third-order valence-corrected chi connectivity index (χ3v) is 9.68. The highest BCUT2D eigenvalue weighted by atomic mass is 16.4. The Morgan fingerprint density at radius 3 is 1.86 bits per heavy atom. The molecule has 0 N–H and O–H groups in total. The summed E-state index contributed by atoms with van der Waals surface area (Å²) in [4.78, 5) is 7.13. The number of fused-ring (bicyclic) bond motifs is 5. The van der Waals surface area contributed by atoms with Crippen LogP contribution in [0.25, 0.3) is 77.5 Å². The highest BCUT2D eigenvalue weighted by Crippen LogP contribution is 2.44. The van der Waals surface area contributed by atoms with Gasteiger partial charge < -0.3 is 13.7 Å². The standard InChI is InChI=1S/C47H30N2O2/c1-3-11-31(12-4-1)33-21-23-37(24-22-33)49(43-18-10-9-17-39(43)36-20-19-32-13-7-8-16-35(32)27-36)38-25-26-44-40(28-38)41-29-46-42(30-45(41)50-44)48-47(51-46)34-14-5-2-6-15-34/h1-30H. The van der Waals surface area contributed by atoms with Crippen molar-refractivity contribution in [2.24, 2.45) is 0 Å². The van der Waals surface area contributed by atoms with Crippen LogP contribution in [0.1, 0.15) is 0 Å². The molecule has 240 valence electrons. The van der Waals surface area contributed by atoms with Crippen LogP contribution < -0.4 is 4.90 Å². The smallest absolute Gasteiger partial charge is 0.227 e. The summed E-state index contributed by atoms with van der Waals surface area (Å²) in [7, 11) is 0. The predicted molar refractivity (Wildman–Crippen MR) is 210 cm³/mol. The Morgan fingerprint density at radius 2 is 1.04 bits per heavy atom. The minimum Gasteiger partial charge on any atom is -0.456 e. The van der Waals surface area contributed by atoms with Gasteiger partial charge in [-0.25, -0.2) is 4.98 Å². The van der Waals surface area contributed by atoms with E-state index in [-0.39, 0.29) is 0 Å². The third kappa shape index (κ3) is 5.13. The molecule has 10 aromatic rings. The Balaban J connectivity index is 1.15. The van der Waals surface area contributed by atoms with Gasteiger partial charge >= 0.3 is 0 Å². The molecular weight excluding hydrogens is 625 g/mol. The molecule has 8 aromatic carbocycles. The summed E-state index contributed by atoms with van der Waals surface area (Å²) in [5.74, 6) is 0.596.